The molecule has 1 amide bonds. The summed E-state index contributed by atoms with van der Waals surface area (Å²) in [5.74, 6) is -4.44. The first-order valence-electron chi connectivity index (χ1n) is 7.12. The molecule has 0 aliphatic heterocycles. The van der Waals surface area contributed by atoms with Gasteiger partial charge in [0.15, 0.2) is 0 Å². The lowest BCUT2D eigenvalue weighted by atomic mass is 9.79. The van der Waals surface area contributed by atoms with Crippen molar-refractivity contribution in [2.75, 3.05) is 0 Å². The fourth-order valence-corrected chi connectivity index (χ4v) is 2.10. The van der Waals surface area contributed by atoms with Crippen molar-refractivity contribution in [2.24, 2.45) is 16.8 Å². The number of amides is 1. The van der Waals surface area contributed by atoms with Crippen LogP contribution in [0.4, 0.5) is 8.78 Å². The Hall–Kier alpha value is -1.33. The summed E-state index contributed by atoms with van der Waals surface area (Å²) in [4.78, 5) is 27.6. The van der Waals surface area contributed by atoms with Gasteiger partial charge in [0.2, 0.25) is 11.8 Å². The van der Waals surface area contributed by atoms with Crippen molar-refractivity contribution in [1.82, 2.24) is 0 Å². The van der Waals surface area contributed by atoms with E-state index in [1.807, 2.05) is 0 Å². The lowest BCUT2D eigenvalue weighted by molar-refractivity contribution is -0.147. The molecule has 0 atom stereocenters. The van der Waals surface area contributed by atoms with E-state index < -0.39 is 23.4 Å². The van der Waals surface area contributed by atoms with Crippen molar-refractivity contribution in [3.8, 4) is 0 Å². The average molecular weight is 303 g/mol. The van der Waals surface area contributed by atoms with Gasteiger partial charge in [-0.2, -0.15) is 0 Å². The molecule has 0 bridgehead atoms. The van der Waals surface area contributed by atoms with Crippen LogP contribution in [0, 0.1) is 11.8 Å². The molecule has 0 spiro atoms. The number of carbonyl (C=O) groups excluding carboxylic acids is 2. The van der Waals surface area contributed by atoms with Gasteiger partial charge in [-0.15, -0.1) is 0 Å². The predicted molar refractivity (Wildman–Crippen MR) is 75.4 cm³/mol. The van der Waals surface area contributed by atoms with Crippen molar-refractivity contribution >= 4 is 17.6 Å². The van der Waals surface area contributed by atoms with Gasteiger partial charge in [-0.05, 0) is 26.7 Å². The van der Waals surface area contributed by atoms with Crippen molar-refractivity contribution in [2.45, 2.75) is 65.4 Å². The Morgan fingerprint density at radius 1 is 1.29 bits per heavy atom. The minimum absolute atomic E-state index is 0.0426. The zero-order valence-electron chi connectivity index (χ0n) is 13.2. The highest BCUT2D eigenvalue weighted by atomic mass is 19.3. The Kier molecular flexibility index (Phi) is 5.23. The Balaban J connectivity index is 2.67. The lowest BCUT2D eigenvalue weighted by Gasteiger charge is -2.34. The number of aliphatic imine (C=N–C) groups is 1. The number of hydrogen-bond donors (Lipinski definition) is 0. The van der Waals surface area contributed by atoms with Gasteiger partial charge in [-0.25, -0.2) is 18.6 Å². The maximum absolute atomic E-state index is 12.7. The highest BCUT2D eigenvalue weighted by Crippen LogP contribution is 2.44. The van der Waals surface area contributed by atoms with Gasteiger partial charge in [0, 0.05) is 25.2 Å². The van der Waals surface area contributed by atoms with E-state index in [0.29, 0.717) is 0 Å². The number of rotatable bonds is 4. The largest absolute Gasteiger partial charge is 0.455 e. The molecule has 1 aliphatic carbocycles. The molecule has 0 aromatic carbocycles. The van der Waals surface area contributed by atoms with Gasteiger partial charge in [0.25, 0.3) is 0 Å². The maximum Gasteiger partial charge on any atom is 0.353 e. The first-order chi connectivity index (χ1) is 9.39. The molecule has 0 saturated heterocycles. The topological polar surface area (TPSA) is 55.7 Å². The second-order valence-corrected chi connectivity index (χ2v) is 6.88. The Morgan fingerprint density at radius 3 is 2.19 bits per heavy atom. The summed E-state index contributed by atoms with van der Waals surface area (Å²) in [6.07, 6.45) is -0.607. The Labute approximate surface area is 124 Å². The zero-order valence-corrected chi connectivity index (χ0v) is 13.2. The molecule has 0 radical (unpaired) electrons. The van der Waals surface area contributed by atoms with Crippen LogP contribution in [0.1, 0.15) is 53.9 Å². The van der Waals surface area contributed by atoms with Gasteiger partial charge in [-0.3, -0.25) is 4.79 Å². The third-order valence-corrected chi connectivity index (χ3v) is 3.04. The summed E-state index contributed by atoms with van der Waals surface area (Å²) in [5.41, 5.74) is -0.632. The third kappa shape index (κ3) is 5.89. The van der Waals surface area contributed by atoms with E-state index in [1.54, 1.807) is 34.6 Å². The predicted octanol–water partition coefficient (Wildman–Crippen LogP) is 3.39. The van der Waals surface area contributed by atoms with Crippen molar-refractivity contribution in [3.05, 3.63) is 0 Å². The van der Waals surface area contributed by atoms with E-state index in [9.17, 15) is 18.4 Å². The van der Waals surface area contributed by atoms with Crippen LogP contribution in [0.15, 0.2) is 4.99 Å². The van der Waals surface area contributed by atoms with E-state index >= 15 is 0 Å². The van der Waals surface area contributed by atoms with Crippen molar-refractivity contribution in [1.29, 1.82) is 0 Å². The number of alkyl halides is 2. The first-order valence-corrected chi connectivity index (χ1v) is 7.12. The Morgan fingerprint density at radius 2 is 1.81 bits per heavy atom. The van der Waals surface area contributed by atoms with Gasteiger partial charge in [-0.1, -0.05) is 13.8 Å². The molecular formula is C15H23F2NO3. The van der Waals surface area contributed by atoms with Crippen molar-refractivity contribution in [3.63, 3.8) is 0 Å². The molecule has 0 heterocycles. The minimum atomic E-state index is -2.65. The van der Waals surface area contributed by atoms with Gasteiger partial charge in [0.05, 0.1) is 0 Å². The fourth-order valence-electron chi connectivity index (χ4n) is 2.10. The number of nitrogens with zero attached hydrogens (tertiary/aromatic N) is 1. The van der Waals surface area contributed by atoms with E-state index in [-0.39, 0.29) is 36.8 Å². The van der Waals surface area contributed by atoms with Crippen LogP contribution in [0.2, 0.25) is 0 Å². The van der Waals surface area contributed by atoms with Gasteiger partial charge >= 0.3 is 5.97 Å². The first kappa shape index (κ1) is 17.7. The molecule has 21 heavy (non-hydrogen) atoms. The maximum atomic E-state index is 12.7. The summed E-state index contributed by atoms with van der Waals surface area (Å²) in [5, 5.41) is 0. The number of hydrogen-bond acceptors (Lipinski definition) is 3. The molecule has 0 unspecified atom stereocenters. The minimum Gasteiger partial charge on any atom is -0.455 e. The Bertz CT molecular complexity index is 442. The molecule has 1 rings (SSSR count). The van der Waals surface area contributed by atoms with E-state index in [1.165, 1.54) is 0 Å². The number of ether oxygens (including phenoxy) is 1. The van der Waals surface area contributed by atoms with Crippen LogP contribution in [-0.2, 0) is 14.3 Å². The summed E-state index contributed by atoms with van der Waals surface area (Å²) in [6.45, 7) is 8.63. The molecular weight excluding hydrogens is 280 g/mol. The average Bonchev–Trinajstić information content (AvgIpc) is 2.20. The second-order valence-electron chi connectivity index (χ2n) is 6.88. The third-order valence-electron chi connectivity index (χ3n) is 3.04. The SMILES string of the molecule is CC(C)C(=NC(=O)CC1CC(F)(F)C1)C(=O)OC(C)(C)C. The molecule has 1 fully saturated rings. The summed E-state index contributed by atoms with van der Waals surface area (Å²) < 4.78 is 30.6. The molecule has 0 N–H and O–H groups in total. The second kappa shape index (κ2) is 6.20. The van der Waals surface area contributed by atoms with Gasteiger partial charge < -0.3 is 4.74 Å². The molecule has 120 valence electrons. The van der Waals surface area contributed by atoms with Gasteiger partial charge in [0.1, 0.15) is 11.3 Å². The van der Waals surface area contributed by atoms with Crippen molar-refractivity contribution < 1.29 is 23.1 Å². The number of carbonyl (C=O) groups is 2. The molecule has 0 aromatic heterocycles. The molecule has 0 aromatic rings. The molecule has 1 saturated carbocycles. The summed E-state index contributed by atoms with van der Waals surface area (Å²) in [6, 6.07) is 0. The fraction of sp³-hybridized carbons (Fsp3) is 0.800. The van der Waals surface area contributed by atoms with E-state index in [0.717, 1.165) is 0 Å². The highest BCUT2D eigenvalue weighted by molar-refractivity contribution is 6.38. The standard InChI is InChI=1S/C15H23F2NO3/c1-9(2)12(13(20)21-14(3,4)5)18-11(19)6-10-7-15(16,17)8-10/h9-10H,6-8H2,1-5H3. The quantitative estimate of drug-likeness (QED) is 0.591. The van der Waals surface area contributed by atoms with Crippen LogP contribution in [-0.4, -0.2) is 29.1 Å². The number of halogens is 2. The lowest BCUT2D eigenvalue weighted by Crippen LogP contribution is -2.37. The van der Waals surface area contributed by atoms with Crippen LogP contribution < -0.4 is 0 Å². The summed E-state index contributed by atoms with van der Waals surface area (Å²) >= 11 is 0. The molecule has 1 aliphatic rings. The van der Waals surface area contributed by atoms with Crippen LogP contribution >= 0.6 is 0 Å². The molecule has 6 heteroatoms. The number of esters is 1. The smallest absolute Gasteiger partial charge is 0.353 e. The van der Waals surface area contributed by atoms with Crippen LogP contribution in [0.5, 0.6) is 0 Å². The van der Waals surface area contributed by atoms with Crippen LogP contribution in [0.3, 0.4) is 0 Å². The zero-order chi connectivity index (χ0) is 16.4. The summed E-state index contributed by atoms with van der Waals surface area (Å²) in [7, 11) is 0. The monoisotopic (exact) mass is 303 g/mol. The van der Waals surface area contributed by atoms with Crippen LogP contribution in [0.25, 0.3) is 0 Å². The normalized spacial score (nSPS) is 19.3. The van der Waals surface area contributed by atoms with E-state index in [4.69, 9.17) is 4.74 Å². The van der Waals surface area contributed by atoms with E-state index in [2.05, 4.69) is 4.99 Å². The highest BCUT2D eigenvalue weighted by Gasteiger charge is 2.45. The molecule has 4 nitrogen and oxygen atoms in total.